The maximum absolute atomic E-state index is 12.4. The number of thioether (sulfide) groups is 1. The molecule has 25 heavy (non-hydrogen) atoms. The number of nitrogens with one attached hydrogen (secondary N) is 1. The molecule has 0 bridgehead atoms. The number of carbonyl (C=O) groups is 1. The van der Waals surface area contributed by atoms with Gasteiger partial charge in [-0.15, -0.1) is 0 Å². The molecule has 1 aromatic heterocycles. The molecular weight excluding hydrogens is 334 g/mol. The summed E-state index contributed by atoms with van der Waals surface area (Å²) in [5.74, 6) is 0.629. The molecule has 1 atom stereocenters. The average molecular weight is 357 g/mol. The highest BCUT2D eigenvalue weighted by atomic mass is 32.2. The highest BCUT2D eigenvalue weighted by molar-refractivity contribution is 7.99. The van der Waals surface area contributed by atoms with Crippen molar-refractivity contribution in [1.29, 1.82) is 0 Å². The molecule has 2 heterocycles. The number of benzene rings is 1. The molecule has 6 heteroatoms. The molecule has 0 saturated heterocycles. The van der Waals surface area contributed by atoms with Crippen LogP contribution in [-0.4, -0.2) is 21.2 Å². The van der Waals surface area contributed by atoms with Crippen molar-refractivity contribution in [2.45, 2.75) is 51.2 Å². The third kappa shape index (κ3) is 3.95. The average Bonchev–Trinajstić information content (AvgIpc) is 2.94. The minimum atomic E-state index is -0.137. The molecule has 0 spiro atoms. The number of amides is 1. The fourth-order valence-corrected chi connectivity index (χ4v) is 4.15. The van der Waals surface area contributed by atoms with Gasteiger partial charge in [0.1, 0.15) is 0 Å². The van der Waals surface area contributed by atoms with Crippen molar-refractivity contribution in [2.75, 3.05) is 11.1 Å². The first kappa shape index (κ1) is 17.7. The van der Waals surface area contributed by atoms with Gasteiger partial charge in [0.05, 0.1) is 6.04 Å². The number of rotatable bonds is 5. The number of carbonyl (C=O) groups excluding carboxylic acids is 1. The smallest absolute Gasteiger partial charge is 0.254 e. The summed E-state index contributed by atoms with van der Waals surface area (Å²) in [5, 5.41) is 3.67. The highest BCUT2D eigenvalue weighted by Gasteiger charge is 2.27. The third-order valence-corrected chi connectivity index (χ3v) is 5.56. The minimum absolute atomic E-state index is 0.0533. The van der Waals surface area contributed by atoms with Gasteiger partial charge in [-0.25, -0.2) is 4.98 Å². The largest absolute Gasteiger partial charge is 0.326 e. The van der Waals surface area contributed by atoms with Gasteiger partial charge >= 0.3 is 0 Å². The summed E-state index contributed by atoms with van der Waals surface area (Å²) in [6, 6.07) is 7.34. The van der Waals surface area contributed by atoms with Crippen LogP contribution in [0, 0.1) is 13.8 Å². The van der Waals surface area contributed by atoms with E-state index >= 15 is 0 Å². The maximum atomic E-state index is 12.4. The monoisotopic (exact) mass is 357 g/mol. The number of anilines is 1. The lowest BCUT2D eigenvalue weighted by Gasteiger charge is -2.14. The number of aryl methyl sites for hydroxylation is 3. The Morgan fingerprint density at radius 2 is 2.12 bits per heavy atom. The molecule has 0 aliphatic carbocycles. The van der Waals surface area contributed by atoms with Crippen LogP contribution in [0.15, 0.2) is 34.2 Å². The molecular formula is C19H23N3O2S. The Morgan fingerprint density at radius 1 is 1.32 bits per heavy atom. The van der Waals surface area contributed by atoms with Crippen LogP contribution in [0.3, 0.4) is 0 Å². The Morgan fingerprint density at radius 3 is 2.84 bits per heavy atom. The van der Waals surface area contributed by atoms with E-state index in [1.54, 1.807) is 22.4 Å². The summed E-state index contributed by atoms with van der Waals surface area (Å²) >= 11 is 1.55. The van der Waals surface area contributed by atoms with Crippen molar-refractivity contribution in [1.82, 2.24) is 9.55 Å². The van der Waals surface area contributed by atoms with Crippen molar-refractivity contribution < 1.29 is 4.79 Å². The van der Waals surface area contributed by atoms with Crippen LogP contribution in [-0.2, 0) is 11.2 Å². The van der Waals surface area contributed by atoms with Crippen molar-refractivity contribution in [3.05, 3.63) is 51.4 Å². The van der Waals surface area contributed by atoms with E-state index in [-0.39, 0.29) is 23.9 Å². The first-order valence-corrected chi connectivity index (χ1v) is 9.59. The van der Waals surface area contributed by atoms with Crippen molar-refractivity contribution in [3.8, 4) is 0 Å². The van der Waals surface area contributed by atoms with Crippen LogP contribution in [0.5, 0.6) is 0 Å². The van der Waals surface area contributed by atoms with Gasteiger partial charge in [-0.3, -0.25) is 14.2 Å². The molecule has 1 aliphatic heterocycles. The Balaban J connectivity index is 1.72. The normalized spacial score (nSPS) is 15.9. The van der Waals surface area contributed by atoms with E-state index in [0.29, 0.717) is 5.75 Å². The second-order valence-electron chi connectivity index (χ2n) is 6.50. The van der Waals surface area contributed by atoms with Crippen LogP contribution in [0.4, 0.5) is 5.69 Å². The van der Waals surface area contributed by atoms with Crippen molar-refractivity contribution in [3.63, 3.8) is 0 Å². The third-order valence-electron chi connectivity index (χ3n) is 4.46. The summed E-state index contributed by atoms with van der Waals surface area (Å²) in [4.78, 5) is 29.4. The summed E-state index contributed by atoms with van der Waals surface area (Å²) in [7, 11) is 0. The standard InChI is InChI=1S/C19H23N3O2S/c1-4-5-14-9-18(24)22-16(11-25-19(22)21-14)10-17(23)20-15-7-6-12(2)13(3)8-15/h6-9,16H,4-5,10-11H2,1-3H3,(H,20,23). The zero-order valence-electron chi connectivity index (χ0n) is 14.8. The van der Waals surface area contributed by atoms with Gasteiger partial charge in [-0.2, -0.15) is 0 Å². The number of aromatic nitrogens is 2. The second-order valence-corrected chi connectivity index (χ2v) is 7.49. The first-order chi connectivity index (χ1) is 12.0. The first-order valence-electron chi connectivity index (χ1n) is 8.60. The Bertz CT molecular complexity index is 860. The van der Waals surface area contributed by atoms with Crippen molar-refractivity contribution >= 4 is 23.4 Å². The zero-order chi connectivity index (χ0) is 18.0. The van der Waals surface area contributed by atoms with E-state index in [4.69, 9.17) is 0 Å². The van der Waals surface area contributed by atoms with E-state index < -0.39 is 0 Å². The molecule has 1 aliphatic rings. The van der Waals surface area contributed by atoms with Gasteiger partial charge < -0.3 is 5.32 Å². The lowest BCUT2D eigenvalue weighted by Crippen LogP contribution is -2.27. The van der Waals surface area contributed by atoms with Crippen LogP contribution >= 0.6 is 11.8 Å². The predicted molar refractivity (Wildman–Crippen MR) is 101 cm³/mol. The Labute approximate surface area is 151 Å². The van der Waals surface area contributed by atoms with E-state index in [1.165, 1.54) is 5.56 Å². The van der Waals surface area contributed by atoms with Gasteiger partial charge in [0.2, 0.25) is 5.91 Å². The molecule has 0 saturated carbocycles. The van der Waals surface area contributed by atoms with Crippen LogP contribution in [0.2, 0.25) is 0 Å². The number of nitrogens with zero attached hydrogens (tertiary/aromatic N) is 2. The van der Waals surface area contributed by atoms with Crippen LogP contribution < -0.4 is 10.9 Å². The quantitative estimate of drug-likeness (QED) is 0.832. The molecule has 1 amide bonds. The molecule has 0 radical (unpaired) electrons. The van der Waals surface area contributed by atoms with E-state index in [9.17, 15) is 9.59 Å². The van der Waals surface area contributed by atoms with Crippen molar-refractivity contribution in [2.24, 2.45) is 0 Å². The lowest BCUT2D eigenvalue weighted by molar-refractivity contribution is -0.116. The number of fused-ring (bicyclic) bond motifs is 1. The molecule has 3 rings (SSSR count). The fraction of sp³-hybridized carbons (Fsp3) is 0.421. The summed E-state index contributed by atoms with van der Waals surface area (Å²) in [5.41, 5.74) is 3.92. The van der Waals surface area contributed by atoms with Crippen LogP contribution in [0.25, 0.3) is 0 Å². The minimum Gasteiger partial charge on any atom is -0.326 e. The molecule has 1 N–H and O–H groups in total. The van der Waals surface area contributed by atoms with Gasteiger partial charge in [-0.05, 0) is 43.5 Å². The van der Waals surface area contributed by atoms with Gasteiger partial charge in [0.25, 0.3) is 5.56 Å². The zero-order valence-corrected chi connectivity index (χ0v) is 15.7. The van der Waals surface area contributed by atoms with E-state index in [2.05, 4.69) is 17.2 Å². The molecule has 1 aromatic carbocycles. The van der Waals surface area contributed by atoms with Gasteiger partial charge in [0, 0.05) is 29.6 Å². The van der Waals surface area contributed by atoms with Gasteiger partial charge in [0.15, 0.2) is 5.16 Å². The second kappa shape index (κ2) is 7.44. The fourth-order valence-electron chi connectivity index (χ4n) is 2.98. The molecule has 5 nitrogen and oxygen atoms in total. The molecule has 1 unspecified atom stereocenters. The van der Waals surface area contributed by atoms with Crippen LogP contribution in [0.1, 0.15) is 42.6 Å². The van der Waals surface area contributed by atoms with E-state index in [0.717, 1.165) is 34.9 Å². The topological polar surface area (TPSA) is 64.0 Å². The number of hydrogen-bond acceptors (Lipinski definition) is 4. The van der Waals surface area contributed by atoms with Gasteiger partial charge in [-0.1, -0.05) is 31.2 Å². The predicted octanol–water partition coefficient (Wildman–Crippen LogP) is 3.49. The SMILES string of the molecule is CCCc1cc(=O)n2c(n1)SCC2CC(=O)Nc1ccc(C)c(C)c1. The maximum Gasteiger partial charge on any atom is 0.254 e. The summed E-state index contributed by atoms with van der Waals surface area (Å²) in [6.45, 7) is 6.13. The van der Waals surface area contributed by atoms with E-state index in [1.807, 2.05) is 32.0 Å². The Kier molecular flexibility index (Phi) is 5.27. The lowest BCUT2D eigenvalue weighted by atomic mass is 10.1. The molecule has 132 valence electrons. The Hall–Kier alpha value is -2.08. The summed E-state index contributed by atoms with van der Waals surface area (Å²) < 4.78 is 1.67. The highest BCUT2D eigenvalue weighted by Crippen LogP contribution is 2.32. The number of hydrogen-bond donors (Lipinski definition) is 1. The molecule has 2 aromatic rings. The summed E-state index contributed by atoms with van der Waals surface area (Å²) in [6.07, 6.45) is 2.05. The molecule has 0 fully saturated rings.